The molecule has 10 heteroatoms. The van der Waals surface area contributed by atoms with Crippen LogP contribution in [0.15, 0.2) is 77.9 Å². The maximum Gasteiger partial charge on any atom is 0.262 e. The number of ether oxygens (including phenoxy) is 3. The molecule has 0 bridgehead atoms. The lowest BCUT2D eigenvalue weighted by Gasteiger charge is -2.31. The topological polar surface area (TPSA) is 83.9 Å². The van der Waals surface area contributed by atoms with Gasteiger partial charge < -0.3 is 19.1 Å². The summed E-state index contributed by atoms with van der Waals surface area (Å²) >= 11 is 6.40. The monoisotopic (exact) mass is 590 g/mol. The van der Waals surface area contributed by atoms with Gasteiger partial charge in [-0.15, -0.1) is 0 Å². The zero-order valence-corrected chi connectivity index (χ0v) is 24.6. The molecule has 2 aliphatic heterocycles. The fourth-order valence-electron chi connectivity index (χ4n) is 5.25. The smallest absolute Gasteiger partial charge is 0.262 e. The van der Waals surface area contributed by atoms with Gasteiger partial charge in [-0.25, -0.2) is 5.01 Å². The lowest BCUT2D eigenvalue weighted by atomic mass is 9.98. The summed E-state index contributed by atoms with van der Waals surface area (Å²) in [7, 11) is 3.19. The fraction of sp³-hybridized carbons (Fsp3) is 0.344. The highest BCUT2D eigenvalue weighted by atomic mass is 35.5. The Balaban J connectivity index is 1.44. The maximum absolute atomic E-state index is 14.1. The van der Waals surface area contributed by atoms with E-state index in [0.29, 0.717) is 60.5 Å². The van der Waals surface area contributed by atoms with Crippen molar-refractivity contribution in [3.05, 3.63) is 94.5 Å². The molecule has 0 unspecified atom stereocenters. The number of carbonyl (C=O) groups excluding carboxylic acids is 2. The van der Waals surface area contributed by atoms with Crippen LogP contribution in [0.25, 0.3) is 0 Å². The molecule has 1 saturated heterocycles. The van der Waals surface area contributed by atoms with Gasteiger partial charge in [0.25, 0.3) is 11.8 Å². The highest BCUT2D eigenvalue weighted by Gasteiger charge is 2.35. The quantitative estimate of drug-likeness (QED) is 0.346. The summed E-state index contributed by atoms with van der Waals surface area (Å²) in [6, 6.07) is 21.9. The number of hydrazone groups is 1. The van der Waals surface area contributed by atoms with E-state index in [1.54, 1.807) is 49.5 Å². The van der Waals surface area contributed by atoms with E-state index in [9.17, 15) is 9.59 Å². The molecule has 0 spiro atoms. The standard InChI is InChI=1S/C32H35ClN4O5/c1-40-24-12-13-26(30(20-24)41-2)28-21-29(23-8-4-3-5-9-23)37(34-28)31(38)22-36(15-14-35-16-18-42-19-17-35)32(39)25-10-6-7-11-27(25)33/h3-13,20,29H,14-19,21-22H2,1-2H3/t29-/m0/s1. The Labute approximate surface area is 251 Å². The molecule has 3 aromatic rings. The molecule has 0 aliphatic carbocycles. The summed E-state index contributed by atoms with van der Waals surface area (Å²) in [4.78, 5) is 31.6. The van der Waals surface area contributed by atoms with Gasteiger partial charge in [-0.2, -0.15) is 5.10 Å². The Kier molecular flexibility index (Phi) is 9.74. The zero-order chi connectivity index (χ0) is 29.5. The minimum absolute atomic E-state index is 0.145. The SMILES string of the molecule is COc1ccc(C2=NN(C(=O)CN(CCN3CCOCC3)C(=O)c3ccccc3Cl)[C@H](c3ccccc3)C2)c(OC)c1. The van der Waals surface area contributed by atoms with Crippen molar-refractivity contribution in [1.82, 2.24) is 14.8 Å². The van der Waals surface area contributed by atoms with Gasteiger partial charge in [0.2, 0.25) is 0 Å². The summed E-state index contributed by atoms with van der Waals surface area (Å²) in [6.07, 6.45) is 0.491. The van der Waals surface area contributed by atoms with Crippen LogP contribution >= 0.6 is 11.6 Å². The Morgan fingerprint density at radius 2 is 1.74 bits per heavy atom. The number of hydrogen-bond donors (Lipinski definition) is 0. The van der Waals surface area contributed by atoms with Crippen LogP contribution in [0.5, 0.6) is 11.5 Å². The van der Waals surface area contributed by atoms with Crippen molar-refractivity contribution in [2.45, 2.75) is 12.5 Å². The lowest BCUT2D eigenvalue weighted by Crippen LogP contribution is -2.46. The van der Waals surface area contributed by atoms with Gasteiger partial charge in [0, 0.05) is 44.2 Å². The van der Waals surface area contributed by atoms with E-state index in [2.05, 4.69) is 4.90 Å². The molecule has 0 saturated carbocycles. The first-order valence-electron chi connectivity index (χ1n) is 14.0. The predicted octanol–water partition coefficient (Wildman–Crippen LogP) is 4.51. The van der Waals surface area contributed by atoms with Crippen LogP contribution in [-0.4, -0.2) is 92.5 Å². The summed E-state index contributed by atoms with van der Waals surface area (Å²) in [6.45, 7) is 3.69. The molecule has 2 amide bonds. The molecular formula is C32H35ClN4O5. The minimum Gasteiger partial charge on any atom is -0.497 e. The van der Waals surface area contributed by atoms with Gasteiger partial charge in [-0.1, -0.05) is 54.1 Å². The Bertz CT molecular complexity index is 1430. The number of rotatable bonds is 10. The van der Waals surface area contributed by atoms with Gasteiger partial charge >= 0.3 is 0 Å². The third-order valence-electron chi connectivity index (χ3n) is 7.58. The highest BCUT2D eigenvalue weighted by molar-refractivity contribution is 6.33. The van der Waals surface area contributed by atoms with E-state index < -0.39 is 0 Å². The number of morpholine rings is 1. The van der Waals surface area contributed by atoms with Gasteiger partial charge in [-0.3, -0.25) is 14.5 Å². The molecule has 0 N–H and O–H groups in total. The largest absolute Gasteiger partial charge is 0.497 e. The summed E-state index contributed by atoms with van der Waals surface area (Å²) < 4.78 is 16.5. The Morgan fingerprint density at radius 3 is 2.45 bits per heavy atom. The van der Waals surface area contributed by atoms with Crippen LogP contribution in [-0.2, 0) is 9.53 Å². The van der Waals surface area contributed by atoms with Crippen LogP contribution in [0, 0.1) is 0 Å². The van der Waals surface area contributed by atoms with E-state index in [1.807, 2.05) is 42.5 Å². The van der Waals surface area contributed by atoms with Gasteiger partial charge in [0.15, 0.2) is 0 Å². The summed E-state index contributed by atoms with van der Waals surface area (Å²) in [5, 5.41) is 6.68. The fourth-order valence-corrected chi connectivity index (χ4v) is 5.47. The second-order valence-corrected chi connectivity index (χ2v) is 10.5. The molecule has 42 heavy (non-hydrogen) atoms. The first-order chi connectivity index (χ1) is 20.5. The third kappa shape index (κ3) is 6.75. The van der Waals surface area contributed by atoms with Crippen molar-refractivity contribution in [2.24, 2.45) is 5.10 Å². The van der Waals surface area contributed by atoms with E-state index in [1.165, 1.54) is 5.01 Å². The highest BCUT2D eigenvalue weighted by Crippen LogP contribution is 2.36. The van der Waals surface area contributed by atoms with E-state index in [0.717, 1.165) is 24.2 Å². The number of nitrogens with zero attached hydrogens (tertiary/aromatic N) is 4. The molecule has 0 aromatic heterocycles. The second kappa shape index (κ2) is 13.8. The van der Waals surface area contributed by atoms with Crippen LogP contribution < -0.4 is 9.47 Å². The van der Waals surface area contributed by atoms with Crippen molar-refractivity contribution in [2.75, 3.05) is 60.2 Å². The number of methoxy groups -OCH3 is 2. The normalized spacial score (nSPS) is 17.1. The number of halogens is 1. The number of amides is 2. The van der Waals surface area contributed by atoms with Crippen molar-refractivity contribution in [3.8, 4) is 11.5 Å². The minimum atomic E-state index is -0.336. The molecule has 2 heterocycles. The van der Waals surface area contributed by atoms with E-state index >= 15 is 0 Å². The molecule has 9 nitrogen and oxygen atoms in total. The van der Waals surface area contributed by atoms with E-state index in [-0.39, 0.29) is 24.4 Å². The van der Waals surface area contributed by atoms with Gasteiger partial charge in [0.05, 0.1) is 49.8 Å². The van der Waals surface area contributed by atoms with Crippen molar-refractivity contribution in [3.63, 3.8) is 0 Å². The number of benzene rings is 3. The first kappa shape index (κ1) is 29.6. The van der Waals surface area contributed by atoms with Gasteiger partial charge in [0.1, 0.15) is 18.0 Å². The maximum atomic E-state index is 14.1. The van der Waals surface area contributed by atoms with Crippen LogP contribution in [0.3, 0.4) is 0 Å². The zero-order valence-electron chi connectivity index (χ0n) is 23.9. The molecule has 0 radical (unpaired) electrons. The molecular weight excluding hydrogens is 556 g/mol. The molecule has 1 fully saturated rings. The van der Waals surface area contributed by atoms with Crippen molar-refractivity contribution in [1.29, 1.82) is 0 Å². The number of carbonyl (C=O) groups is 2. The first-order valence-corrected chi connectivity index (χ1v) is 14.4. The molecule has 220 valence electrons. The second-order valence-electron chi connectivity index (χ2n) is 10.1. The third-order valence-corrected chi connectivity index (χ3v) is 7.91. The van der Waals surface area contributed by atoms with Crippen molar-refractivity contribution < 1.29 is 23.8 Å². The molecule has 1 atom stereocenters. The molecule has 5 rings (SSSR count). The number of hydrogen-bond acceptors (Lipinski definition) is 7. The lowest BCUT2D eigenvalue weighted by molar-refractivity contribution is -0.133. The van der Waals surface area contributed by atoms with Crippen LogP contribution in [0.2, 0.25) is 5.02 Å². The Morgan fingerprint density at radius 1 is 1.00 bits per heavy atom. The van der Waals surface area contributed by atoms with Crippen molar-refractivity contribution >= 4 is 29.1 Å². The summed E-state index contributed by atoms with van der Waals surface area (Å²) in [5.74, 6) is 0.693. The van der Waals surface area contributed by atoms with Crippen LogP contribution in [0.4, 0.5) is 0 Å². The molecule has 3 aromatic carbocycles. The molecule has 2 aliphatic rings. The average Bonchev–Trinajstić information content (AvgIpc) is 3.49. The van der Waals surface area contributed by atoms with Crippen LogP contribution in [0.1, 0.15) is 33.9 Å². The Hall–Kier alpha value is -3.92. The summed E-state index contributed by atoms with van der Waals surface area (Å²) in [5.41, 5.74) is 2.82. The predicted molar refractivity (Wildman–Crippen MR) is 161 cm³/mol. The van der Waals surface area contributed by atoms with E-state index in [4.69, 9.17) is 30.9 Å². The van der Waals surface area contributed by atoms with Gasteiger partial charge in [-0.05, 0) is 29.8 Å². The average molecular weight is 591 g/mol.